The fraction of sp³-hybridized carbons (Fsp3) is 0.242. The van der Waals surface area contributed by atoms with E-state index in [1.54, 1.807) is 10.9 Å². The largest absolute Gasteiger partial charge is 0.490 e. The van der Waals surface area contributed by atoms with E-state index in [4.69, 9.17) is 4.74 Å². The van der Waals surface area contributed by atoms with Gasteiger partial charge in [0.2, 0.25) is 0 Å². The van der Waals surface area contributed by atoms with Crippen molar-refractivity contribution in [3.8, 4) is 11.4 Å². The van der Waals surface area contributed by atoms with Crippen LogP contribution < -0.4 is 4.74 Å². The Kier molecular flexibility index (Phi) is 7.55. The second-order valence-electron chi connectivity index (χ2n) is 10.5. The first-order chi connectivity index (χ1) is 19.6. The molecule has 1 saturated heterocycles. The molecule has 1 aliphatic rings. The SMILES string of the molecule is CN(Cc1ccc(OC2CCN(C(=O)c3ccc(-n4cccn4)cc3)CC2)cc1)Cc1ccc2ncccc2c1. The lowest BCUT2D eigenvalue weighted by atomic mass is 10.1. The van der Waals surface area contributed by atoms with Crippen molar-refractivity contribution in [1.29, 1.82) is 0 Å². The van der Waals surface area contributed by atoms with Crippen LogP contribution in [0.4, 0.5) is 0 Å². The number of aromatic nitrogens is 3. The maximum Gasteiger partial charge on any atom is 0.253 e. The maximum absolute atomic E-state index is 13.0. The Balaban J connectivity index is 0.970. The lowest BCUT2D eigenvalue weighted by Crippen LogP contribution is -2.41. The number of pyridine rings is 1. The molecule has 0 unspecified atom stereocenters. The quantitative estimate of drug-likeness (QED) is 0.256. The van der Waals surface area contributed by atoms with Crippen molar-refractivity contribution >= 4 is 16.8 Å². The number of amides is 1. The number of rotatable bonds is 8. The minimum absolute atomic E-state index is 0.0688. The van der Waals surface area contributed by atoms with Crippen molar-refractivity contribution in [3.63, 3.8) is 0 Å². The van der Waals surface area contributed by atoms with Gasteiger partial charge in [-0.15, -0.1) is 0 Å². The summed E-state index contributed by atoms with van der Waals surface area (Å²) in [7, 11) is 2.14. The Bertz CT molecular complexity index is 1560. The van der Waals surface area contributed by atoms with Crippen LogP contribution in [0.2, 0.25) is 0 Å². The molecule has 6 rings (SSSR count). The van der Waals surface area contributed by atoms with Crippen molar-refractivity contribution < 1.29 is 9.53 Å². The summed E-state index contributed by atoms with van der Waals surface area (Å²) in [4.78, 5) is 21.7. The molecule has 3 aromatic carbocycles. The molecule has 7 heteroatoms. The summed E-state index contributed by atoms with van der Waals surface area (Å²) >= 11 is 0. The van der Waals surface area contributed by atoms with E-state index in [0.717, 1.165) is 42.9 Å². The zero-order valence-electron chi connectivity index (χ0n) is 22.7. The molecule has 1 aliphatic heterocycles. The highest BCUT2D eigenvalue weighted by Crippen LogP contribution is 2.22. The number of carbonyl (C=O) groups is 1. The summed E-state index contributed by atoms with van der Waals surface area (Å²) in [6.45, 7) is 3.11. The van der Waals surface area contributed by atoms with Crippen molar-refractivity contribution in [2.45, 2.75) is 32.0 Å². The Morgan fingerprint density at radius 2 is 1.65 bits per heavy atom. The zero-order chi connectivity index (χ0) is 27.3. The van der Waals surface area contributed by atoms with Gasteiger partial charge < -0.3 is 9.64 Å². The molecule has 7 nitrogen and oxygen atoms in total. The number of ether oxygens (including phenoxy) is 1. The molecule has 0 spiro atoms. The molecule has 202 valence electrons. The van der Waals surface area contributed by atoms with Gasteiger partial charge in [-0.1, -0.05) is 24.3 Å². The van der Waals surface area contributed by atoms with E-state index < -0.39 is 0 Å². The van der Waals surface area contributed by atoms with Crippen molar-refractivity contribution in [1.82, 2.24) is 24.6 Å². The van der Waals surface area contributed by atoms with Gasteiger partial charge in [0.25, 0.3) is 5.91 Å². The normalized spacial score (nSPS) is 14.1. The number of nitrogens with zero attached hydrogens (tertiary/aromatic N) is 5. The summed E-state index contributed by atoms with van der Waals surface area (Å²) in [5, 5.41) is 5.41. The number of benzene rings is 3. The fourth-order valence-electron chi connectivity index (χ4n) is 5.31. The first-order valence-corrected chi connectivity index (χ1v) is 13.8. The predicted octanol–water partition coefficient (Wildman–Crippen LogP) is 5.74. The van der Waals surface area contributed by atoms with Crippen molar-refractivity contribution in [2.75, 3.05) is 20.1 Å². The van der Waals surface area contributed by atoms with Crippen molar-refractivity contribution in [2.24, 2.45) is 0 Å². The third-order valence-corrected chi connectivity index (χ3v) is 7.41. The molecular weight excluding hydrogens is 498 g/mol. The Morgan fingerprint density at radius 1 is 0.900 bits per heavy atom. The fourth-order valence-corrected chi connectivity index (χ4v) is 5.31. The lowest BCUT2D eigenvalue weighted by Gasteiger charge is -2.32. The maximum atomic E-state index is 13.0. The standard InChI is InChI=1S/C33H33N5O2/c1-36(24-26-7-14-32-28(22-26)4-2-17-34-32)23-25-5-12-30(13-6-25)40-31-15-20-37(21-16-31)33(39)27-8-10-29(11-9-27)38-19-3-18-35-38/h2-14,17-19,22,31H,15-16,20-21,23-24H2,1H3. The Hall–Kier alpha value is -4.49. The van der Waals surface area contributed by atoms with Crippen LogP contribution in [0.5, 0.6) is 5.75 Å². The van der Waals surface area contributed by atoms with Crippen LogP contribution in [0, 0.1) is 0 Å². The summed E-state index contributed by atoms with van der Waals surface area (Å²) < 4.78 is 8.06. The van der Waals surface area contributed by atoms with Gasteiger partial charge in [-0.2, -0.15) is 5.10 Å². The Labute approximate surface area is 234 Å². The molecular formula is C33H33N5O2. The number of carbonyl (C=O) groups excluding carboxylic acids is 1. The number of hydrogen-bond acceptors (Lipinski definition) is 5. The van der Waals surface area contributed by atoms with Gasteiger partial charge in [0.15, 0.2) is 0 Å². The first-order valence-electron chi connectivity index (χ1n) is 13.8. The summed E-state index contributed by atoms with van der Waals surface area (Å²) in [6.07, 6.45) is 7.22. The molecule has 1 amide bonds. The average molecular weight is 532 g/mol. The predicted molar refractivity (Wildman–Crippen MR) is 156 cm³/mol. The second-order valence-corrected chi connectivity index (χ2v) is 10.5. The number of fused-ring (bicyclic) bond motifs is 1. The van der Waals surface area contributed by atoms with Gasteiger partial charge in [-0.3, -0.25) is 14.7 Å². The minimum atomic E-state index is 0.0688. The molecule has 0 N–H and O–H groups in total. The van der Waals surface area contributed by atoms with Crippen LogP contribution in [0.1, 0.15) is 34.3 Å². The van der Waals surface area contributed by atoms with Gasteiger partial charge in [0, 0.05) is 68.6 Å². The number of hydrogen-bond donors (Lipinski definition) is 0. The highest BCUT2D eigenvalue weighted by atomic mass is 16.5. The van der Waals surface area contributed by atoms with Gasteiger partial charge in [-0.25, -0.2) is 4.68 Å². The molecule has 0 aliphatic carbocycles. The highest BCUT2D eigenvalue weighted by molar-refractivity contribution is 5.94. The monoisotopic (exact) mass is 531 g/mol. The van der Waals surface area contributed by atoms with Crippen molar-refractivity contribution in [3.05, 3.63) is 120 Å². The third kappa shape index (κ3) is 6.05. The summed E-state index contributed by atoms with van der Waals surface area (Å²) in [5.74, 6) is 0.951. The van der Waals surface area contributed by atoms with Gasteiger partial charge in [0.05, 0.1) is 11.2 Å². The van der Waals surface area contributed by atoms with E-state index in [0.29, 0.717) is 18.7 Å². The van der Waals surface area contributed by atoms with E-state index in [1.165, 1.54) is 16.5 Å². The second kappa shape index (κ2) is 11.7. The zero-order valence-corrected chi connectivity index (χ0v) is 22.7. The molecule has 1 fully saturated rings. The Morgan fingerprint density at radius 3 is 2.40 bits per heavy atom. The van der Waals surface area contributed by atoms with Crippen LogP contribution in [0.15, 0.2) is 104 Å². The smallest absolute Gasteiger partial charge is 0.253 e. The third-order valence-electron chi connectivity index (χ3n) is 7.41. The number of likely N-dealkylation sites (tertiary alicyclic amines) is 1. The minimum Gasteiger partial charge on any atom is -0.490 e. The van der Waals surface area contributed by atoms with Crippen LogP contribution in [-0.2, 0) is 13.1 Å². The first kappa shape index (κ1) is 25.8. The van der Waals surface area contributed by atoms with E-state index >= 15 is 0 Å². The van der Waals surface area contributed by atoms with Gasteiger partial charge >= 0.3 is 0 Å². The molecule has 3 heterocycles. The summed E-state index contributed by atoms with van der Waals surface area (Å²) in [5.41, 5.74) is 5.19. The molecule has 0 bridgehead atoms. The molecule has 40 heavy (non-hydrogen) atoms. The molecule has 0 radical (unpaired) electrons. The average Bonchev–Trinajstić information content (AvgIpc) is 3.54. The molecule has 0 saturated carbocycles. The van der Waals surface area contributed by atoms with E-state index in [9.17, 15) is 4.79 Å². The molecule has 2 aromatic heterocycles. The van der Waals surface area contributed by atoms with Gasteiger partial charge in [0.1, 0.15) is 11.9 Å². The summed E-state index contributed by atoms with van der Waals surface area (Å²) in [6, 6.07) is 28.4. The van der Waals surface area contributed by atoms with Crippen LogP contribution >= 0.6 is 0 Å². The highest BCUT2D eigenvalue weighted by Gasteiger charge is 2.24. The van der Waals surface area contributed by atoms with E-state index in [-0.39, 0.29) is 12.0 Å². The van der Waals surface area contributed by atoms with Crippen LogP contribution in [0.3, 0.4) is 0 Å². The van der Waals surface area contributed by atoms with E-state index in [1.807, 2.05) is 53.7 Å². The number of piperidine rings is 1. The lowest BCUT2D eigenvalue weighted by molar-refractivity contribution is 0.0595. The molecule has 5 aromatic rings. The van der Waals surface area contributed by atoms with Crippen LogP contribution in [-0.4, -0.2) is 56.7 Å². The topological polar surface area (TPSA) is 63.5 Å². The van der Waals surface area contributed by atoms with E-state index in [2.05, 4.69) is 70.6 Å². The molecule has 0 atom stereocenters. The van der Waals surface area contributed by atoms with Crippen LogP contribution in [0.25, 0.3) is 16.6 Å². The van der Waals surface area contributed by atoms with Gasteiger partial charge in [-0.05, 0) is 78.8 Å².